The van der Waals surface area contributed by atoms with Gasteiger partial charge in [-0.3, -0.25) is 10.1 Å². The van der Waals surface area contributed by atoms with Crippen molar-refractivity contribution in [3.8, 4) is 5.75 Å². The summed E-state index contributed by atoms with van der Waals surface area (Å²) >= 11 is 1.75. The number of nitrogens with one attached hydrogen (secondary N) is 2. The molecule has 5 nitrogen and oxygen atoms in total. The number of amides is 1. The van der Waals surface area contributed by atoms with Crippen LogP contribution < -0.4 is 15.4 Å². The number of rotatable bonds is 6. The van der Waals surface area contributed by atoms with Gasteiger partial charge in [0.1, 0.15) is 5.75 Å². The van der Waals surface area contributed by atoms with Crippen LogP contribution in [0.1, 0.15) is 11.6 Å². The standard InChI is InChI=1S/C15H23N3O2S/c1-18(2)14(11-5-4-6-12(7-11)20-3)8-16-15(19)13-9-21-10-17-13/h4-7,13-14,17H,8-10H2,1-3H3,(H,16,19). The van der Waals surface area contributed by atoms with Gasteiger partial charge in [-0.1, -0.05) is 12.1 Å². The second kappa shape index (κ2) is 7.68. The Morgan fingerprint density at radius 2 is 2.38 bits per heavy atom. The van der Waals surface area contributed by atoms with Gasteiger partial charge in [0.05, 0.1) is 19.2 Å². The van der Waals surface area contributed by atoms with Crippen molar-refractivity contribution in [3.05, 3.63) is 29.8 Å². The Hall–Kier alpha value is -1.24. The molecule has 21 heavy (non-hydrogen) atoms. The molecule has 2 atom stereocenters. The van der Waals surface area contributed by atoms with Gasteiger partial charge < -0.3 is 15.0 Å². The van der Waals surface area contributed by atoms with Crippen LogP contribution in [0, 0.1) is 0 Å². The van der Waals surface area contributed by atoms with Crippen molar-refractivity contribution in [2.75, 3.05) is 39.4 Å². The minimum atomic E-state index is -0.0666. The molecule has 2 unspecified atom stereocenters. The van der Waals surface area contributed by atoms with E-state index in [2.05, 4.69) is 21.6 Å². The average molecular weight is 309 g/mol. The lowest BCUT2D eigenvalue weighted by Gasteiger charge is -2.26. The zero-order chi connectivity index (χ0) is 15.2. The lowest BCUT2D eigenvalue weighted by molar-refractivity contribution is -0.122. The van der Waals surface area contributed by atoms with Gasteiger partial charge in [-0.15, -0.1) is 11.8 Å². The summed E-state index contributed by atoms with van der Waals surface area (Å²) < 4.78 is 5.27. The first-order valence-corrected chi connectivity index (χ1v) is 8.16. The van der Waals surface area contributed by atoms with Crippen LogP contribution in [-0.2, 0) is 4.79 Å². The van der Waals surface area contributed by atoms with Gasteiger partial charge in [0, 0.05) is 18.2 Å². The number of carbonyl (C=O) groups excluding carboxylic acids is 1. The molecular formula is C15H23N3O2S. The minimum absolute atomic E-state index is 0.0666. The minimum Gasteiger partial charge on any atom is -0.497 e. The van der Waals surface area contributed by atoms with Crippen LogP contribution >= 0.6 is 11.8 Å². The van der Waals surface area contributed by atoms with Crippen molar-refractivity contribution in [3.63, 3.8) is 0 Å². The molecule has 0 radical (unpaired) electrons. The number of hydrogen-bond acceptors (Lipinski definition) is 5. The summed E-state index contributed by atoms with van der Waals surface area (Å²) in [6.07, 6.45) is 0. The van der Waals surface area contributed by atoms with E-state index in [1.54, 1.807) is 18.9 Å². The van der Waals surface area contributed by atoms with E-state index in [1.165, 1.54) is 0 Å². The normalized spacial score (nSPS) is 19.5. The first kappa shape index (κ1) is 16.1. The lowest BCUT2D eigenvalue weighted by Crippen LogP contribution is -2.44. The van der Waals surface area contributed by atoms with Crippen molar-refractivity contribution >= 4 is 17.7 Å². The van der Waals surface area contributed by atoms with Gasteiger partial charge in [-0.2, -0.15) is 0 Å². The Labute approximate surface area is 130 Å². The summed E-state index contributed by atoms with van der Waals surface area (Å²) in [5, 5.41) is 6.23. The summed E-state index contributed by atoms with van der Waals surface area (Å²) in [7, 11) is 5.69. The Kier molecular flexibility index (Phi) is 5.90. The van der Waals surface area contributed by atoms with Crippen LogP contribution in [0.3, 0.4) is 0 Å². The summed E-state index contributed by atoms with van der Waals surface area (Å²) in [6.45, 7) is 0.585. The molecule has 1 aromatic carbocycles. The lowest BCUT2D eigenvalue weighted by atomic mass is 10.1. The molecule has 1 fully saturated rings. The fourth-order valence-corrected chi connectivity index (χ4v) is 3.27. The van der Waals surface area contributed by atoms with E-state index in [0.29, 0.717) is 6.54 Å². The maximum Gasteiger partial charge on any atom is 0.238 e. The first-order valence-electron chi connectivity index (χ1n) is 7.01. The number of likely N-dealkylation sites (N-methyl/N-ethyl adjacent to an activating group) is 1. The monoisotopic (exact) mass is 309 g/mol. The maximum absolute atomic E-state index is 12.1. The van der Waals surface area contributed by atoms with Crippen LogP contribution in [0.25, 0.3) is 0 Å². The number of thioether (sulfide) groups is 1. The molecule has 1 saturated heterocycles. The molecule has 116 valence electrons. The smallest absolute Gasteiger partial charge is 0.238 e. The third-order valence-corrected chi connectivity index (χ3v) is 4.54. The van der Waals surface area contributed by atoms with Gasteiger partial charge >= 0.3 is 0 Å². The summed E-state index contributed by atoms with van der Waals surface area (Å²) in [5.74, 6) is 2.61. The van der Waals surface area contributed by atoms with Crippen LogP contribution in [0.5, 0.6) is 5.75 Å². The van der Waals surface area contributed by atoms with Gasteiger partial charge in [0.25, 0.3) is 0 Å². The van der Waals surface area contributed by atoms with E-state index in [4.69, 9.17) is 4.74 Å². The van der Waals surface area contributed by atoms with Gasteiger partial charge in [-0.25, -0.2) is 0 Å². The topological polar surface area (TPSA) is 53.6 Å². The average Bonchev–Trinajstić information content (AvgIpc) is 3.01. The van der Waals surface area contributed by atoms with Crippen molar-refractivity contribution in [2.45, 2.75) is 12.1 Å². The van der Waals surface area contributed by atoms with E-state index in [1.807, 2.05) is 32.3 Å². The second-order valence-corrected chi connectivity index (χ2v) is 6.30. The number of carbonyl (C=O) groups is 1. The van der Waals surface area contributed by atoms with Gasteiger partial charge in [0.15, 0.2) is 0 Å². The number of ether oxygens (including phenoxy) is 1. The molecule has 1 heterocycles. The zero-order valence-electron chi connectivity index (χ0n) is 12.8. The molecule has 0 saturated carbocycles. The van der Waals surface area contributed by atoms with Crippen LogP contribution in [0.4, 0.5) is 0 Å². The molecule has 0 spiro atoms. The SMILES string of the molecule is COc1cccc(C(CNC(=O)C2CSCN2)N(C)C)c1. The summed E-state index contributed by atoms with van der Waals surface area (Å²) in [6, 6.07) is 8.03. The number of nitrogens with zero attached hydrogens (tertiary/aromatic N) is 1. The highest BCUT2D eigenvalue weighted by atomic mass is 32.2. The van der Waals surface area contributed by atoms with E-state index in [-0.39, 0.29) is 18.0 Å². The quantitative estimate of drug-likeness (QED) is 0.823. The molecule has 0 aromatic heterocycles. The molecular weight excluding hydrogens is 286 g/mol. The van der Waals surface area contributed by atoms with Crippen LogP contribution in [0.2, 0.25) is 0 Å². The molecule has 2 rings (SSSR count). The van der Waals surface area contributed by atoms with Crippen LogP contribution in [-0.4, -0.2) is 56.2 Å². The summed E-state index contributed by atoms with van der Waals surface area (Å²) in [4.78, 5) is 14.2. The fourth-order valence-electron chi connectivity index (χ4n) is 2.33. The van der Waals surface area contributed by atoms with Crippen molar-refractivity contribution in [2.24, 2.45) is 0 Å². The largest absolute Gasteiger partial charge is 0.497 e. The molecule has 0 aliphatic carbocycles. The molecule has 6 heteroatoms. The predicted octanol–water partition coefficient (Wildman–Crippen LogP) is 1.08. The number of hydrogen-bond donors (Lipinski definition) is 2. The first-order chi connectivity index (χ1) is 10.1. The highest BCUT2D eigenvalue weighted by Crippen LogP contribution is 2.22. The zero-order valence-corrected chi connectivity index (χ0v) is 13.6. The van der Waals surface area contributed by atoms with E-state index in [9.17, 15) is 4.79 Å². The Balaban J connectivity index is 1.99. The van der Waals surface area contributed by atoms with E-state index < -0.39 is 0 Å². The number of benzene rings is 1. The highest BCUT2D eigenvalue weighted by Gasteiger charge is 2.23. The molecule has 1 amide bonds. The fraction of sp³-hybridized carbons (Fsp3) is 0.533. The maximum atomic E-state index is 12.1. The van der Waals surface area contributed by atoms with E-state index >= 15 is 0 Å². The molecule has 1 aromatic rings. The van der Waals surface area contributed by atoms with Crippen molar-refractivity contribution in [1.29, 1.82) is 0 Å². The molecule has 2 N–H and O–H groups in total. The van der Waals surface area contributed by atoms with E-state index in [0.717, 1.165) is 22.9 Å². The Morgan fingerprint density at radius 1 is 1.57 bits per heavy atom. The summed E-state index contributed by atoms with van der Waals surface area (Å²) in [5.41, 5.74) is 1.13. The predicted molar refractivity (Wildman–Crippen MR) is 86.7 cm³/mol. The van der Waals surface area contributed by atoms with Crippen molar-refractivity contribution in [1.82, 2.24) is 15.5 Å². The highest BCUT2D eigenvalue weighted by molar-refractivity contribution is 7.99. The van der Waals surface area contributed by atoms with Gasteiger partial charge in [0.2, 0.25) is 5.91 Å². The Morgan fingerprint density at radius 3 is 3.00 bits per heavy atom. The number of methoxy groups -OCH3 is 1. The van der Waals surface area contributed by atoms with Crippen LogP contribution in [0.15, 0.2) is 24.3 Å². The second-order valence-electron chi connectivity index (χ2n) is 5.27. The third-order valence-electron chi connectivity index (χ3n) is 3.60. The molecule has 0 bridgehead atoms. The van der Waals surface area contributed by atoms with Gasteiger partial charge in [-0.05, 0) is 31.8 Å². The van der Waals surface area contributed by atoms with Crippen molar-refractivity contribution < 1.29 is 9.53 Å². The Bertz CT molecular complexity index is 476. The molecule has 1 aliphatic rings. The molecule has 1 aliphatic heterocycles. The third kappa shape index (κ3) is 4.36.